The van der Waals surface area contributed by atoms with Crippen LogP contribution < -0.4 is 5.32 Å². The van der Waals surface area contributed by atoms with Crippen LogP contribution in [0, 0.1) is 0 Å². The summed E-state index contributed by atoms with van der Waals surface area (Å²) in [5.41, 5.74) is 2.00. The summed E-state index contributed by atoms with van der Waals surface area (Å²) in [7, 11) is 0. The van der Waals surface area contributed by atoms with Crippen LogP contribution in [0.25, 0.3) is 5.69 Å². The third-order valence-corrected chi connectivity index (χ3v) is 2.19. The first-order valence-electron chi connectivity index (χ1n) is 5.09. The number of anilines is 1. The Hall–Kier alpha value is -2.21. The molecule has 2 aromatic rings. The van der Waals surface area contributed by atoms with Crippen molar-refractivity contribution >= 4 is 11.6 Å². The normalized spacial score (nSPS) is 10.2. The summed E-state index contributed by atoms with van der Waals surface area (Å²) in [5, 5.41) is 19.4. The molecule has 1 amide bonds. The van der Waals surface area contributed by atoms with Crippen LogP contribution >= 0.6 is 0 Å². The zero-order valence-corrected chi connectivity index (χ0v) is 9.29. The summed E-state index contributed by atoms with van der Waals surface area (Å²) in [6, 6.07) is 7.15. The summed E-state index contributed by atoms with van der Waals surface area (Å²) in [5.74, 6) is -0.136. The first-order chi connectivity index (χ1) is 8.20. The minimum atomic E-state index is -0.142. The maximum Gasteiger partial charge on any atom is 0.221 e. The van der Waals surface area contributed by atoms with Crippen LogP contribution in [0.3, 0.4) is 0 Å². The largest absolute Gasteiger partial charge is 0.390 e. The highest BCUT2D eigenvalue weighted by Gasteiger charge is 2.05. The fourth-order valence-corrected chi connectivity index (χ4v) is 1.50. The molecule has 6 nitrogen and oxygen atoms in total. The SMILES string of the molecule is CC(=O)Nc1cccc(-n2nncc2CO)c1. The smallest absolute Gasteiger partial charge is 0.221 e. The highest BCUT2D eigenvalue weighted by atomic mass is 16.3. The highest BCUT2D eigenvalue weighted by molar-refractivity contribution is 5.88. The van der Waals surface area contributed by atoms with Gasteiger partial charge < -0.3 is 10.4 Å². The van der Waals surface area contributed by atoms with Gasteiger partial charge >= 0.3 is 0 Å². The molecule has 1 heterocycles. The van der Waals surface area contributed by atoms with Crippen LogP contribution in [0.15, 0.2) is 30.5 Å². The van der Waals surface area contributed by atoms with Crippen LogP contribution in [0.2, 0.25) is 0 Å². The molecular formula is C11H12N4O2. The molecule has 0 unspecified atom stereocenters. The Balaban J connectivity index is 2.36. The molecule has 2 rings (SSSR count). The van der Waals surface area contributed by atoms with Gasteiger partial charge in [0.15, 0.2) is 0 Å². The number of carbonyl (C=O) groups is 1. The monoisotopic (exact) mass is 232 g/mol. The van der Waals surface area contributed by atoms with Crippen molar-refractivity contribution in [2.24, 2.45) is 0 Å². The summed E-state index contributed by atoms with van der Waals surface area (Å²) in [4.78, 5) is 10.9. The third-order valence-electron chi connectivity index (χ3n) is 2.19. The first-order valence-corrected chi connectivity index (χ1v) is 5.09. The minimum Gasteiger partial charge on any atom is -0.390 e. The van der Waals surface area contributed by atoms with E-state index in [2.05, 4.69) is 15.6 Å². The standard InChI is InChI=1S/C11H12N4O2/c1-8(17)13-9-3-2-4-10(5-9)15-11(7-16)6-12-14-15/h2-6,16H,7H2,1H3,(H,13,17). The molecule has 1 aromatic heterocycles. The van der Waals surface area contributed by atoms with E-state index in [9.17, 15) is 4.79 Å². The fraction of sp³-hybridized carbons (Fsp3) is 0.182. The Morgan fingerprint density at radius 2 is 2.35 bits per heavy atom. The topological polar surface area (TPSA) is 80.0 Å². The summed E-state index contributed by atoms with van der Waals surface area (Å²) in [6.45, 7) is 1.30. The van der Waals surface area contributed by atoms with E-state index in [1.807, 2.05) is 6.07 Å². The molecule has 2 N–H and O–H groups in total. The molecule has 0 saturated carbocycles. The number of aromatic nitrogens is 3. The van der Waals surface area contributed by atoms with Gasteiger partial charge in [-0.2, -0.15) is 0 Å². The summed E-state index contributed by atoms with van der Waals surface area (Å²) < 4.78 is 1.52. The van der Waals surface area contributed by atoms with Crippen molar-refractivity contribution in [3.05, 3.63) is 36.2 Å². The van der Waals surface area contributed by atoms with Crippen LogP contribution in [0.4, 0.5) is 5.69 Å². The number of hydrogen-bond donors (Lipinski definition) is 2. The second-order valence-corrected chi connectivity index (χ2v) is 3.53. The molecule has 6 heteroatoms. The van der Waals surface area contributed by atoms with Gasteiger partial charge in [-0.15, -0.1) is 5.10 Å². The van der Waals surface area contributed by atoms with Crippen molar-refractivity contribution in [2.75, 3.05) is 5.32 Å². The number of amides is 1. The molecule has 0 saturated heterocycles. The molecule has 0 spiro atoms. The zero-order chi connectivity index (χ0) is 12.3. The third kappa shape index (κ3) is 2.48. The summed E-state index contributed by atoms with van der Waals surface area (Å²) in [6.07, 6.45) is 1.49. The number of carbonyl (C=O) groups excluding carboxylic acids is 1. The second-order valence-electron chi connectivity index (χ2n) is 3.53. The average molecular weight is 232 g/mol. The summed E-state index contributed by atoms with van der Waals surface area (Å²) >= 11 is 0. The number of aliphatic hydroxyl groups excluding tert-OH is 1. The lowest BCUT2D eigenvalue weighted by Gasteiger charge is -2.07. The Labute approximate surface area is 97.9 Å². The van der Waals surface area contributed by atoms with Gasteiger partial charge in [0.2, 0.25) is 5.91 Å². The zero-order valence-electron chi connectivity index (χ0n) is 9.29. The van der Waals surface area contributed by atoms with Crippen molar-refractivity contribution in [1.82, 2.24) is 15.0 Å². The minimum absolute atomic E-state index is 0.136. The van der Waals surface area contributed by atoms with Gasteiger partial charge in [0, 0.05) is 12.6 Å². The van der Waals surface area contributed by atoms with Crippen LogP contribution in [-0.2, 0) is 11.4 Å². The number of benzene rings is 1. The van der Waals surface area contributed by atoms with E-state index in [1.165, 1.54) is 17.8 Å². The van der Waals surface area contributed by atoms with Crippen molar-refractivity contribution in [3.63, 3.8) is 0 Å². The van der Waals surface area contributed by atoms with E-state index in [-0.39, 0.29) is 12.5 Å². The van der Waals surface area contributed by atoms with Gasteiger partial charge in [-0.05, 0) is 18.2 Å². The van der Waals surface area contributed by atoms with Crippen LogP contribution in [-0.4, -0.2) is 26.0 Å². The van der Waals surface area contributed by atoms with Crippen molar-refractivity contribution in [2.45, 2.75) is 13.5 Å². The van der Waals surface area contributed by atoms with E-state index in [1.54, 1.807) is 18.2 Å². The quantitative estimate of drug-likeness (QED) is 0.817. The van der Waals surface area contributed by atoms with Crippen molar-refractivity contribution in [3.8, 4) is 5.69 Å². The molecule has 0 fully saturated rings. The molecule has 17 heavy (non-hydrogen) atoms. The second kappa shape index (κ2) is 4.75. The van der Waals surface area contributed by atoms with E-state index in [4.69, 9.17) is 5.11 Å². The average Bonchev–Trinajstić information content (AvgIpc) is 2.76. The van der Waals surface area contributed by atoms with Crippen LogP contribution in [0.1, 0.15) is 12.6 Å². The maximum atomic E-state index is 10.9. The Kier molecular flexibility index (Phi) is 3.15. The first kappa shape index (κ1) is 11.3. The number of nitrogens with zero attached hydrogens (tertiary/aromatic N) is 3. The van der Waals surface area contributed by atoms with Gasteiger partial charge in [-0.25, -0.2) is 4.68 Å². The number of nitrogens with one attached hydrogen (secondary N) is 1. The predicted octanol–water partition coefficient (Wildman–Crippen LogP) is 0.718. The lowest BCUT2D eigenvalue weighted by molar-refractivity contribution is -0.114. The molecule has 0 aliphatic heterocycles. The van der Waals surface area contributed by atoms with Crippen LogP contribution in [0.5, 0.6) is 0 Å². The van der Waals surface area contributed by atoms with Gasteiger partial charge in [0.25, 0.3) is 0 Å². The Morgan fingerprint density at radius 3 is 3.06 bits per heavy atom. The molecule has 0 aliphatic carbocycles. The molecule has 0 aliphatic rings. The number of hydrogen-bond acceptors (Lipinski definition) is 4. The van der Waals surface area contributed by atoms with E-state index < -0.39 is 0 Å². The molecule has 1 aromatic carbocycles. The molecule has 0 atom stereocenters. The highest BCUT2D eigenvalue weighted by Crippen LogP contribution is 2.15. The molecule has 0 radical (unpaired) electrons. The van der Waals surface area contributed by atoms with Crippen molar-refractivity contribution < 1.29 is 9.90 Å². The molecule has 0 bridgehead atoms. The molecule has 88 valence electrons. The van der Waals surface area contributed by atoms with E-state index >= 15 is 0 Å². The van der Waals surface area contributed by atoms with Gasteiger partial charge in [-0.3, -0.25) is 4.79 Å². The maximum absolute atomic E-state index is 10.9. The lowest BCUT2D eigenvalue weighted by Crippen LogP contribution is -2.07. The lowest BCUT2D eigenvalue weighted by atomic mass is 10.2. The van der Waals surface area contributed by atoms with E-state index in [0.717, 1.165) is 5.69 Å². The van der Waals surface area contributed by atoms with Gasteiger partial charge in [0.05, 0.1) is 24.2 Å². The van der Waals surface area contributed by atoms with Crippen molar-refractivity contribution in [1.29, 1.82) is 0 Å². The fourth-order valence-electron chi connectivity index (χ4n) is 1.50. The van der Waals surface area contributed by atoms with Gasteiger partial charge in [-0.1, -0.05) is 11.3 Å². The van der Waals surface area contributed by atoms with Gasteiger partial charge in [0.1, 0.15) is 0 Å². The Morgan fingerprint density at radius 1 is 1.53 bits per heavy atom. The number of aliphatic hydroxyl groups is 1. The number of rotatable bonds is 3. The van der Waals surface area contributed by atoms with E-state index in [0.29, 0.717) is 11.4 Å². The Bertz CT molecular complexity index is 536. The molecular weight excluding hydrogens is 220 g/mol. The predicted molar refractivity (Wildman–Crippen MR) is 61.6 cm³/mol.